The van der Waals surface area contributed by atoms with Crippen LogP contribution in [-0.2, 0) is 11.2 Å². The second-order valence-electron chi connectivity index (χ2n) is 8.27. The summed E-state index contributed by atoms with van der Waals surface area (Å²) in [6.45, 7) is 6.13. The van der Waals surface area contributed by atoms with Crippen LogP contribution >= 0.6 is 23.4 Å². The van der Waals surface area contributed by atoms with Gasteiger partial charge < -0.3 is 4.57 Å². The van der Waals surface area contributed by atoms with Crippen LogP contribution in [-0.4, -0.2) is 31.5 Å². The van der Waals surface area contributed by atoms with Gasteiger partial charge in [0.15, 0.2) is 5.84 Å². The minimum Gasteiger partial charge on any atom is -0.318 e. The maximum Gasteiger partial charge on any atom is 0.283 e. The molecule has 0 saturated carbocycles. The molecule has 3 heterocycles. The number of nitrogens with one attached hydrogen (secondary N) is 1. The Morgan fingerprint density at radius 3 is 2.56 bits per heavy atom. The monoisotopic (exact) mass is 487 g/mol. The molecule has 1 N–H and O–H groups in total. The molecule has 0 aliphatic carbocycles. The van der Waals surface area contributed by atoms with E-state index in [1.807, 2.05) is 56.3 Å². The lowest BCUT2D eigenvalue weighted by Gasteiger charge is -2.20. The van der Waals surface area contributed by atoms with Gasteiger partial charge in [-0.05, 0) is 79.6 Å². The maximum atomic E-state index is 12.9. The number of amidine groups is 2. The third-order valence-corrected chi connectivity index (χ3v) is 7.05. The quantitative estimate of drug-likeness (QED) is 0.464. The summed E-state index contributed by atoms with van der Waals surface area (Å²) in [5, 5.41) is 16.6. The Balaban J connectivity index is 1.46. The maximum absolute atomic E-state index is 12.9. The lowest BCUT2D eigenvalue weighted by molar-refractivity contribution is -0.114. The Bertz CT molecular complexity index is 1430. The summed E-state index contributed by atoms with van der Waals surface area (Å²) in [7, 11) is 0. The minimum absolute atomic E-state index is 0.0364. The van der Waals surface area contributed by atoms with Crippen molar-refractivity contribution >= 4 is 51.4 Å². The Kier molecular flexibility index (Phi) is 5.75. The molecule has 2 aromatic carbocycles. The van der Waals surface area contributed by atoms with Crippen LogP contribution in [0.4, 0.5) is 0 Å². The van der Waals surface area contributed by atoms with E-state index in [1.54, 1.807) is 6.08 Å². The van der Waals surface area contributed by atoms with Crippen LogP contribution in [0.25, 0.3) is 11.8 Å². The summed E-state index contributed by atoms with van der Waals surface area (Å²) in [6, 6.07) is 17.8. The van der Waals surface area contributed by atoms with Gasteiger partial charge in [0.2, 0.25) is 5.17 Å². The van der Waals surface area contributed by atoms with Crippen molar-refractivity contribution < 1.29 is 4.79 Å². The number of fused-ring (bicyclic) bond motifs is 1. The van der Waals surface area contributed by atoms with Gasteiger partial charge in [0.25, 0.3) is 5.91 Å². The van der Waals surface area contributed by atoms with Gasteiger partial charge in [0.1, 0.15) is 5.04 Å². The molecular formula is C26H22ClN5OS. The van der Waals surface area contributed by atoms with Gasteiger partial charge in [0.05, 0.1) is 5.57 Å². The number of hydrazone groups is 1. The number of rotatable bonds is 4. The average Bonchev–Trinajstić information content (AvgIpc) is 3.33. The number of aryl methyl sites for hydroxylation is 2. The SMILES string of the molecule is Cc1ccccc1-n1c(C)cc(C=C2C(=N)N3N=C(Cc4ccc(Cl)cc4)SC3=NC2=O)c1C. The van der Waals surface area contributed by atoms with Gasteiger partial charge in [-0.3, -0.25) is 10.2 Å². The molecule has 0 atom stereocenters. The predicted octanol–water partition coefficient (Wildman–Crippen LogP) is 5.92. The fourth-order valence-electron chi connectivity index (χ4n) is 4.15. The minimum atomic E-state index is -0.424. The number of nitrogens with zero attached hydrogens (tertiary/aromatic N) is 4. The van der Waals surface area contributed by atoms with Gasteiger partial charge in [-0.1, -0.05) is 41.9 Å². The smallest absolute Gasteiger partial charge is 0.283 e. The molecule has 0 unspecified atom stereocenters. The highest BCUT2D eigenvalue weighted by molar-refractivity contribution is 8.26. The first-order chi connectivity index (χ1) is 16.3. The molecule has 1 amide bonds. The summed E-state index contributed by atoms with van der Waals surface area (Å²) in [5.74, 6) is -0.387. The Morgan fingerprint density at radius 1 is 1.09 bits per heavy atom. The van der Waals surface area contributed by atoms with Crippen LogP contribution < -0.4 is 0 Å². The van der Waals surface area contributed by atoms with Crippen LogP contribution in [0.1, 0.15) is 28.1 Å². The summed E-state index contributed by atoms with van der Waals surface area (Å²) in [5.41, 5.74) is 6.47. The number of para-hydroxylation sites is 1. The third kappa shape index (κ3) is 4.02. The first kappa shape index (κ1) is 22.4. The zero-order valence-electron chi connectivity index (χ0n) is 19.0. The molecule has 0 fully saturated rings. The summed E-state index contributed by atoms with van der Waals surface area (Å²) >= 11 is 7.29. The van der Waals surface area contributed by atoms with E-state index in [0.717, 1.165) is 38.8 Å². The van der Waals surface area contributed by atoms with E-state index in [2.05, 4.69) is 33.7 Å². The molecule has 0 radical (unpaired) electrons. The second-order valence-corrected chi connectivity index (χ2v) is 9.74. The summed E-state index contributed by atoms with van der Waals surface area (Å²) < 4.78 is 2.17. The number of aliphatic imine (C=N–C) groups is 1. The van der Waals surface area contributed by atoms with Crippen molar-refractivity contribution in [3.63, 3.8) is 0 Å². The van der Waals surface area contributed by atoms with Crippen LogP contribution in [0.15, 0.2) is 70.3 Å². The van der Waals surface area contributed by atoms with Crippen molar-refractivity contribution in [1.82, 2.24) is 9.58 Å². The normalized spacial score (nSPS) is 16.7. The molecule has 1 aromatic heterocycles. The lowest BCUT2D eigenvalue weighted by Crippen LogP contribution is -2.35. The van der Waals surface area contributed by atoms with E-state index < -0.39 is 5.91 Å². The largest absolute Gasteiger partial charge is 0.318 e. The molecule has 6 nitrogen and oxygen atoms in total. The lowest BCUT2D eigenvalue weighted by atomic mass is 10.1. The summed E-state index contributed by atoms with van der Waals surface area (Å²) in [4.78, 5) is 17.1. The topological polar surface area (TPSA) is 73.8 Å². The van der Waals surface area contributed by atoms with Crippen molar-refractivity contribution in [3.8, 4) is 5.69 Å². The zero-order chi connectivity index (χ0) is 24.0. The highest BCUT2D eigenvalue weighted by atomic mass is 35.5. The fraction of sp³-hybridized carbons (Fsp3) is 0.154. The molecule has 0 saturated heterocycles. The zero-order valence-corrected chi connectivity index (χ0v) is 20.5. The first-order valence-electron chi connectivity index (χ1n) is 10.8. The van der Waals surface area contributed by atoms with E-state index in [-0.39, 0.29) is 11.4 Å². The molecular weight excluding hydrogens is 466 g/mol. The van der Waals surface area contributed by atoms with Crippen molar-refractivity contribution in [2.45, 2.75) is 27.2 Å². The molecule has 0 bridgehead atoms. The number of hydrogen-bond acceptors (Lipinski definition) is 4. The number of carbonyl (C=O) groups excluding carboxylic acids is 1. The van der Waals surface area contributed by atoms with Gasteiger partial charge in [-0.2, -0.15) is 15.1 Å². The van der Waals surface area contributed by atoms with E-state index >= 15 is 0 Å². The summed E-state index contributed by atoms with van der Waals surface area (Å²) in [6.07, 6.45) is 2.33. The van der Waals surface area contributed by atoms with Crippen molar-refractivity contribution in [2.75, 3.05) is 0 Å². The second kappa shape index (κ2) is 8.74. The molecule has 2 aliphatic heterocycles. The van der Waals surface area contributed by atoms with Gasteiger partial charge in [0, 0.05) is 28.5 Å². The van der Waals surface area contributed by atoms with Crippen molar-refractivity contribution in [2.24, 2.45) is 10.1 Å². The molecule has 3 aromatic rings. The highest BCUT2D eigenvalue weighted by Crippen LogP contribution is 2.31. The van der Waals surface area contributed by atoms with Crippen LogP contribution in [0.2, 0.25) is 5.02 Å². The van der Waals surface area contributed by atoms with E-state index in [9.17, 15) is 4.79 Å². The van der Waals surface area contributed by atoms with E-state index in [1.165, 1.54) is 16.8 Å². The molecule has 170 valence electrons. The van der Waals surface area contributed by atoms with Crippen molar-refractivity contribution in [1.29, 1.82) is 5.41 Å². The fourth-order valence-corrected chi connectivity index (χ4v) is 5.20. The number of hydrogen-bond donors (Lipinski definition) is 1. The van der Waals surface area contributed by atoms with Crippen molar-refractivity contribution in [3.05, 3.63) is 93.3 Å². The Hall–Kier alpha value is -3.42. The number of thioether (sulfide) groups is 1. The predicted molar refractivity (Wildman–Crippen MR) is 140 cm³/mol. The highest BCUT2D eigenvalue weighted by Gasteiger charge is 2.35. The standard InChI is InChI=1S/C26H22ClN5OS/c1-15-6-4-5-7-22(15)31-16(2)12-19(17(31)3)14-21-24(28)32-26(29-25(21)33)34-23(30-32)13-18-8-10-20(27)11-9-18/h4-12,14,28H,13H2,1-3H3. The average molecular weight is 488 g/mol. The number of benzene rings is 2. The Morgan fingerprint density at radius 2 is 1.82 bits per heavy atom. The third-order valence-electron chi connectivity index (χ3n) is 5.89. The Labute approximate surface area is 207 Å². The van der Waals surface area contributed by atoms with Crippen LogP contribution in [0, 0.1) is 26.2 Å². The molecule has 0 spiro atoms. The van der Waals surface area contributed by atoms with Gasteiger partial charge in [-0.25, -0.2) is 0 Å². The molecule has 5 rings (SSSR count). The number of aromatic nitrogens is 1. The first-order valence-corrected chi connectivity index (χ1v) is 12.0. The number of carbonyl (C=O) groups is 1. The van der Waals surface area contributed by atoms with E-state index in [4.69, 9.17) is 17.0 Å². The van der Waals surface area contributed by atoms with Crippen LogP contribution in [0.5, 0.6) is 0 Å². The van der Waals surface area contributed by atoms with Gasteiger partial charge in [-0.15, -0.1) is 0 Å². The number of halogens is 1. The van der Waals surface area contributed by atoms with Gasteiger partial charge >= 0.3 is 0 Å². The molecule has 34 heavy (non-hydrogen) atoms. The van der Waals surface area contributed by atoms with Crippen LogP contribution in [0.3, 0.4) is 0 Å². The molecule has 8 heteroatoms. The number of amides is 1. The van der Waals surface area contributed by atoms with E-state index in [0.29, 0.717) is 16.6 Å². The molecule has 2 aliphatic rings.